The highest BCUT2D eigenvalue weighted by Crippen LogP contribution is 2.22. The molecule has 0 aliphatic carbocycles. The van der Waals surface area contributed by atoms with Crippen LogP contribution in [0.5, 0.6) is 0 Å². The summed E-state index contributed by atoms with van der Waals surface area (Å²) in [7, 11) is 0. The molecule has 0 aromatic heterocycles. The van der Waals surface area contributed by atoms with Crippen LogP contribution in [0.2, 0.25) is 5.02 Å². The summed E-state index contributed by atoms with van der Waals surface area (Å²) in [6, 6.07) is 4.32. The lowest BCUT2D eigenvalue weighted by Gasteiger charge is -2.34. The lowest BCUT2D eigenvalue weighted by Crippen LogP contribution is -2.50. The summed E-state index contributed by atoms with van der Waals surface area (Å²) in [6.07, 6.45) is -0.00814. The number of anilines is 1. The predicted molar refractivity (Wildman–Crippen MR) is 88.1 cm³/mol. The molecule has 130 valence electrons. The lowest BCUT2D eigenvalue weighted by atomic mass is 10.2. The molecule has 1 heterocycles. The van der Waals surface area contributed by atoms with E-state index in [1.807, 2.05) is 0 Å². The molecule has 8 heteroatoms. The molecule has 1 aliphatic heterocycles. The van der Waals surface area contributed by atoms with Crippen LogP contribution in [0.3, 0.4) is 0 Å². The van der Waals surface area contributed by atoms with Gasteiger partial charge < -0.3 is 15.1 Å². The van der Waals surface area contributed by atoms with Crippen molar-refractivity contribution in [3.8, 4) is 0 Å². The highest BCUT2D eigenvalue weighted by atomic mass is 35.5. The van der Waals surface area contributed by atoms with Crippen molar-refractivity contribution < 1.29 is 18.8 Å². The normalized spacial score (nSPS) is 14.5. The monoisotopic (exact) mass is 355 g/mol. The first-order valence-corrected chi connectivity index (χ1v) is 8.03. The standard InChI is InChI=1S/C16H19ClFN3O3/c1-11(22)20-7-9-21(10-8-20)15(24)6-5-14(23)19-13-4-2-3-12(17)16(13)18/h2-4H,5-10H2,1H3,(H,19,23). The van der Waals surface area contributed by atoms with Gasteiger partial charge in [-0.2, -0.15) is 0 Å². The highest BCUT2D eigenvalue weighted by Gasteiger charge is 2.22. The summed E-state index contributed by atoms with van der Waals surface area (Å²) < 4.78 is 13.7. The van der Waals surface area contributed by atoms with Gasteiger partial charge in [-0.1, -0.05) is 17.7 Å². The molecule has 24 heavy (non-hydrogen) atoms. The van der Waals surface area contributed by atoms with E-state index < -0.39 is 11.7 Å². The minimum Gasteiger partial charge on any atom is -0.339 e. The van der Waals surface area contributed by atoms with Crippen molar-refractivity contribution >= 4 is 35.0 Å². The Morgan fingerprint density at radius 2 is 1.75 bits per heavy atom. The van der Waals surface area contributed by atoms with Crippen molar-refractivity contribution in [2.45, 2.75) is 19.8 Å². The van der Waals surface area contributed by atoms with Gasteiger partial charge in [0.05, 0.1) is 10.7 Å². The number of nitrogens with one attached hydrogen (secondary N) is 1. The lowest BCUT2D eigenvalue weighted by molar-refractivity contribution is -0.138. The Labute approximate surface area is 144 Å². The van der Waals surface area contributed by atoms with E-state index in [1.165, 1.54) is 25.1 Å². The summed E-state index contributed by atoms with van der Waals surface area (Å²) >= 11 is 5.65. The van der Waals surface area contributed by atoms with E-state index in [-0.39, 0.29) is 35.4 Å². The molecule has 0 radical (unpaired) electrons. The second kappa shape index (κ2) is 8.10. The van der Waals surface area contributed by atoms with Crippen LogP contribution in [0.15, 0.2) is 18.2 Å². The van der Waals surface area contributed by atoms with Crippen LogP contribution in [0.1, 0.15) is 19.8 Å². The molecule has 1 N–H and O–H groups in total. The number of amides is 3. The number of halogens is 2. The molecule has 1 aliphatic rings. The SMILES string of the molecule is CC(=O)N1CCN(C(=O)CCC(=O)Nc2cccc(Cl)c2F)CC1. The number of hydrogen-bond acceptors (Lipinski definition) is 3. The van der Waals surface area contributed by atoms with E-state index in [9.17, 15) is 18.8 Å². The maximum atomic E-state index is 13.7. The molecule has 2 rings (SSSR count). The Balaban J connectivity index is 1.78. The fourth-order valence-electron chi connectivity index (χ4n) is 2.46. The first-order chi connectivity index (χ1) is 11.4. The summed E-state index contributed by atoms with van der Waals surface area (Å²) in [6.45, 7) is 3.42. The first kappa shape index (κ1) is 18.2. The van der Waals surface area contributed by atoms with Crippen LogP contribution >= 0.6 is 11.6 Å². The Morgan fingerprint density at radius 1 is 1.12 bits per heavy atom. The predicted octanol–water partition coefficient (Wildman–Crippen LogP) is 1.89. The molecule has 1 aromatic carbocycles. The molecule has 0 bridgehead atoms. The minimum absolute atomic E-state index is 0.00461. The number of piperazine rings is 1. The van der Waals surface area contributed by atoms with E-state index in [2.05, 4.69) is 5.32 Å². The maximum absolute atomic E-state index is 13.7. The summed E-state index contributed by atoms with van der Waals surface area (Å²) in [5.41, 5.74) is -0.00461. The number of hydrogen-bond donors (Lipinski definition) is 1. The molecular weight excluding hydrogens is 337 g/mol. The summed E-state index contributed by atoms with van der Waals surface area (Å²) in [5, 5.41) is 2.33. The van der Waals surface area contributed by atoms with Crippen molar-refractivity contribution in [2.24, 2.45) is 0 Å². The van der Waals surface area contributed by atoms with E-state index in [4.69, 9.17) is 11.6 Å². The fraction of sp³-hybridized carbons (Fsp3) is 0.438. The minimum atomic E-state index is -0.695. The third-order valence-corrected chi connectivity index (χ3v) is 4.16. The third kappa shape index (κ3) is 4.67. The fourth-order valence-corrected chi connectivity index (χ4v) is 2.64. The Kier molecular flexibility index (Phi) is 6.14. The summed E-state index contributed by atoms with van der Waals surface area (Å²) in [5.74, 6) is -1.31. The van der Waals surface area contributed by atoms with Crippen molar-refractivity contribution in [3.63, 3.8) is 0 Å². The molecular formula is C16H19ClFN3O3. The van der Waals surface area contributed by atoms with Crippen molar-refractivity contribution in [1.29, 1.82) is 0 Å². The topological polar surface area (TPSA) is 69.7 Å². The van der Waals surface area contributed by atoms with Crippen LogP contribution in [-0.2, 0) is 14.4 Å². The van der Waals surface area contributed by atoms with Gasteiger partial charge in [0.25, 0.3) is 0 Å². The molecule has 0 spiro atoms. The smallest absolute Gasteiger partial charge is 0.224 e. The Morgan fingerprint density at radius 3 is 2.38 bits per heavy atom. The van der Waals surface area contributed by atoms with Crippen molar-refractivity contribution in [2.75, 3.05) is 31.5 Å². The summed E-state index contributed by atoms with van der Waals surface area (Å²) in [4.78, 5) is 38.5. The number of carbonyl (C=O) groups is 3. The molecule has 0 saturated carbocycles. The largest absolute Gasteiger partial charge is 0.339 e. The molecule has 0 unspecified atom stereocenters. The highest BCUT2D eigenvalue weighted by molar-refractivity contribution is 6.31. The van der Waals surface area contributed by atoms with E-state index in [0.29, 0.717) is 26.2 Å². The quantitative estimate of drug-likeness (QED) is 0.896. The van der Waals surface area contributed by atoms with E-state index >= 15 is 0 Å². The van der Waals surface area contributed by atoms with Crippen LogP contribution in [0.4, 0.5) is 10.1 Å². The number of benzene rings is 1. The molecule has 1 saturated heterocycles. The van der Waals surface area contributed by atoms with Crippen molar-refractivity contribution in [3.05, 3.63) is 29.0 Å². The first-order valence-electron chi connectivity index (χ1n) is 7.65. The zero-order valence-electron chi connectivity index (χ0n) is 13.3. The molecule has 0 atom stereocenters. The van der Waals surface area contributed by atoms with Crippen LogP contribution < -0.4 is 5.32 Å². The van der Waals surface area contributed by atoms with E-state index in [0.717, 1.165) is 0 Å². The average molecular weight is 356 g/mol. The molecule has 3 amide bonds. The number of rotatable bonds is 4. The van der Waals surface area contributed by atoms with Crippen molar-refractivity contribution in [1.82, 2.24) is 9.80 Å². The van der Waals surface area contributed by atoms with Gasteiger partial charge in [0, 0.05) is 45.9 Å². The van der Waals surface area contributed by atoms with Crippen LogP contribution in [0, 0.1) is 5.82 Å². The van der Waals surface area contributed by atoms with Gasteiger partial charge in [0.15, 0.2) is 5.82 Å². The third-order valence-electron chi connectivity index (χ3n) is 3.87. The van der Waals surface area contributed by atoms with Crippen LogP contribution in [-0.4, -0.2) is 53.7 Å². The second-order valence-electron chi connectivity index (χ2n) is 5.54. The molecule has 6 nitrogen and oxygen atoms in total. The zero-order chi connectivity index (χ0) is 17.7. The average Bonchev–Trinajstić information content (AvgIpc) is 2.57. The van der Waals surface area contributed by atoms with Crippen LogP contribution in [0.25, 0.3) is 0 Å². The zero-order valence-corrected chi connectivity index (χ0v) is 14.1. The van der Waals surface area contributed by atoms with E-state index in [1.54, 1.807) is 9.80 Å². The maximum Gasteiger partial charge on any atom is 0.224 e. The van der Waals surface area contributed by atoms with Gasteiger partial charge in [0.1, 0.15) is 0 Å². The van der Waals surface area contributed by atoms with Gasteiger partial charge in [-0.05, 0) is 12.1 Å². The van der Waals surface area contributed by atoms with Gasteiger partial charge in [-0.25, -0.2) is 4.39 Å². The van der Waals surface area contributed by atoms with Gasteiger partial charge in [-0.3, -0.25) is 14.4 Å². The van der Waals surface area contributed by atoms with Gasteiger partial charge >= 0.3 is 0 Å². The Hall–Kier alpha value is -2.15. The van der Waals surface area contributed by atoms with Gasteiger partial charge in [-0.15, -0.1) is 0 Å². The number of carbonyl (C=O) groups excluding carboxylic acids is 3. The molecule has 1 fully saturated rings. The Bertz CT molecular complexity index is 645. The number of nitrogens with zero attached hydrogens (tertiary/aromatic N) is 2. The van der Waals surface area contributed by atoms with Gasteiger partial charge in [0.2, 0.25) is 17.7 Å². The molecule has 1 aromatic rings. The second-order valence-corrected chi connectivity index (χ2v) is 5.94.